The summed E-state index contributed by atoms with van der Waals surface area (Å²) in [7, 11) is -3.75. The van der Waals surface area contributed by atoms with Gasteiger partial charge in [0.05, 0.1) is 31.6 Å². The molecule has 2 aliphatic rings. The Labute approximate surface area is 204 Å². The number of imide groups is 1. The van der Waals surface area contributed by atoms with Crippen molar-refractivity contribution in [1.82, 2.24) is 4.31 Å². The largest absolute Gasteiger partial charge is 0.270 e. The van der Waals surface area contributed by atoms with Crippen LogP contribution in [0.5, 0.6) is 0 Å². The number of rotatable bonds is 5. The fourth-order valence-electron chi connectivity index (χ4n) is 4.62. The minimum atomic E-state index is -3.75. The molecule has 0 aromatic heterocycles. The summed E-state index contributed by atoms with van der Waals surface area (Å²) in [5.41, 5.74) is -1.22. The number of anilines is 1. The fourth-order valence-corrected chi connectivity index (χ4v) is 6.14. The number of amides is 2. The Morgan fingerprint density at radius 2 is 1.25 bits per heavy atom. The van der Waals surface area contributed by atoms with Crippen molar-refractivity contribution >= 4 is 49.7 Å². The van der Waals surface area contributed by atoms with Crippen molar-refractivity contribution in [3.8, 4) is 0 Å². The number of sulfonamides is 1. The maximum absolute atomic E-state index is 13.4. The first kappa shape index (κ1) is 23.5. The molecule has 0 atom stereocenters. The molecular weight excluding hydrogens is 492 g/mol. The highest BCUT2D eigenvalue weighted by Crippen LogP contribution is 2.38. The Kier molecular flexibility index (Phi) is 5.53. The van der Waals surface area contributed by atoms with Gasteiger partial charge in [-0.15, -0.1) is 0 Å². The van der Waals surface area contributed by atoms with Gasteiger partial charge in [-0.3, -0.25) is 29.8 Å². The first-order valence-electron chi connectivity index (χ1n) is 11.0. The van der Waals surface area contributed by atoms with E-state index >= 15 is 0 Å². The summed E-state index contributed by atoms with van der Waals surface area (Å²) in [6.45, 7) is 0.817. The molecule has 3 aromatic rings. The van der Waals surface area contributed by atoms with Crippen molar-refractivity contribution in [2.45, 2.75) is 24.2 Å². The highest BCUT2D eigenvalue weighted by molar-refractivity contribution is 7.89. The van der Waals surface area contributed by atoms with Gasteiger partial charge in [0.2, 0.25) is 10.0 Å². The van der Waals surface area contributed by atoms with Gasteiger partial charge >= 0.3 is 0 Å². The molecule has 0 saturated carbocycles. The molecule has 13 heteroatoms. The van der Waals surface area contributed by atoms with Gasteiger partial charge in [0.1, 0.15) is 0 Å². The van der Waals surface area contributed by atoms with Crippen molar-refractivity contribution in [3.63, 3.8) is 0 Å². The van der Waals surface area contributed by atoms with E-state index in [1.807, 2.05) is 0 Å². The topological polar surface area (TPSA) is 161 Å². The summed E-state index contributed by atoms with van der Waals surface area (Å²) < 4.78 is 27.3. The molecule has 0 spiro atoms. The van der Waals surface area contributed by atoms with Crippen molar-refractivity contribution in [3.05, 3.63) is 79.9 Å². The molecule has 5 rings (SSSR count). The van der Waals surface area contributed by atoms with Crippen LogP contribution in [0.25, 0.3) is 10.8 Å². The molecule has 0 bridgehead atoms. The Balaban J connectivity index is 1.61. The number of piperidine rings is 1. The molecule has 12 nitrogen and oxygen atoms in total. The van der Waals surface area contributed by atoms with Crippen LogP contribution in [0.2, 0.25) is 0 Å². The molecule has 36 heavy (non-hydrogen) atoms. The molecule has 3 aromatic carbocycles. The summed E-state index contributed by atoms with van der Waals surface area (Å²) >= 11 is 0. The number of carbonyl (C=O) groups is 2. The molecule has 184 valence electrons. The van der Waals surface area contributed by atoms with Gasteiger partial charge in [-0.2, -0.15) is 4.31 Å². The minimum absolute atomic E-state index is 0.00108. The van der Waals surface area contributed by atoms with Crippen LogP contribution < -0.4 is 4.90 Å². The maximum atomic E-state index is 13.4. The summed E-state index contributed by atoms with van der Waals surface area (Å²) in [6, 6.07) is 9.35. The van der Waals surface area contributed by atoms with Gasteiger partial charge in [0, 0.05) is 42.7 Å². The van der Waals surface area contributed by atoms with Gasteiger partial charge < -0.3 is 0 Å². The molecule has 2 heterocycles. The van der Waals surface area contributed by atoms with Crippen LogP contribution in [0.1, 0.15) is 40.0 Å². The lowest BCUT2D eigenvalue weighted by Crippen LogP contribution is -2.40. The van der Waals surface area contributed by atoms with Crippen molar-refractivity contribution in [2.24, 2.45) is 0 Å². The van der Waals surface area contributed by atoms with Crippen molar-refractivity contribution in [1.29, 1.82) is 0 Å². The Morgan fingerprint density at radius 1 is 0.750 bits per heavy atom. The second-order valence-electron chi connectivity index (χ2n) is 8.50. The first-order valence-corrected chi connectivity index (χ1v) is 12.4. The summed E-state index contributed by atoms with van der Waals surface area (Å²) in [5, 5.41) is 23.0. The third kappa shape index (κ3) is 3.69. The average Bonchev–Trinajstić information content (AvgIpc) is 2.87. The van der Waals surface area contributed by atoms with E-state index in [4.69, 9.17) is 0 Å². The first-order chi connectivity index (χ1) is 17.1. The number of nitro benzene ring substituents is 2. The average molecular weight is 510 g/mol. The second-order valence-corrected chi connectivity index (χ2v) is 10.4. The zero-order valence-electron chi connectivity index (χ0n) is 18.6. The number of benzene rings is 3. The molecule has 0 radical (unpaired) electrons. The highest BCUT2D eigenvalue weighted by Gasteiger charge is 2.37. The molecule has 2 aliphatic heterocycles. The van der Waals surface area contributed by atoms with Gasteiger partial charge in [-0.1, -0.05) is 6.42 Å². The lowest BCUT2D eigenvalue weighted by Gasteiger charge is -2.28. The van der Waals surface area contributed by atoms with E-state index < -0.39 is 43.1 Å². The fraction of sp³-hybridized carbons (Fsp3) is 0.217. The minimum Gasteiger partial charge on any atom is -0.268 e. The number of carbonyl (C=O) groups excluding carboxylic acids is 2. The quantitative estimate of drug-likeness (QED) is 0.285. The van der Waals surface area contributed by atoms with E-state index in [9.17, 15) is 38.2 Å². The van der Waals surface area contributed by atoms with Gasteiger partial charge in [-0.25, -0.2) is 13.3 Å². The summed E-state index contributed by atoms with van der Waals surface area (Å²) in [5.74, 6) is -1.72. The van der Waals surface area contributed by atoms with E-state index in [1.54, 1.807) is 0 Å². The Hall–Kier alpha value is -4.23. The standard InChI is InChI=1S/C23H18N4O8S/c28-22-19-12-16(26(30)31)10-14-11-17(27(32)33)13-20(21(14)19)23(29)25(22)15-4-6-18(7-5-15)36(34,35)24-8-2-1-3-9-24/h4-7,10-13H,1-3,8-9H2. The van der Waals surface area contributed by atoms with E-state index in [2.05, 4.69) is 0 Å². The molecular formula is C23H18N4O8S. The molecule has 0 N–H and O–H groups in total. The third-order valence-corrected chi connectivity index (χ3v) is 8.27. The van der Waals surface area contributed by atoms with E-state index in [1.165, 1.54) is 28.6 Å². The van der Waals surface area contributed by atoms with Gasteiger partial charge in [0.15, 0.2) is 0 Å². The van der Waals surface area contributed by atoms with E-state index in [0.29, 0.717) is 13.1 Å². The monoisotopic (exact) mass is 510 g/mol. The van der Waals surface area contributed by atoms with Crippen LogP contribution in [0.15, 0.2) is 53.4 Å². The van der Waals surface area contributed by atoms with Gasteiger partial charge in [-0.05, 0) is 42.5 Å². The van der Waals surface area contributed by atoms with Crippen LogP contribution in [-0.4, -0.2) is 47.5 Å². The summed E-state index contributed by atoms with van der Waals surface area (Å²) in [4.78, 5) is 48.9. The predicted molar refractivity (Wildman–Crippen MR) is 127 cm³/mol. The number of nitro groups is 2. The zero-order chi connectivity index (χ0) is 25.8. The van der Waals surface area contributed by atoms with Crippen molar-refractivity contribution in [2.75, 3.05) is 18.0 Å². The summed E-state index contributed by atoms with van der Waals surface area (Å²) in [6.07, 6.45) is 2.48. The van der Waals surface area contributed by atoms with Crippen LogP contribution >= 0.6 is 0 Å². The molecule has 0 aliphatic carbocycles. The van der Waals surface area contributed by atoms with E-state index in [-0.39, 0.29) is 32.5 Å². The zero-order valence-corrected chi connectivity index (χ0v) is 19.4. The van der Waals surface area contributed by atoms with Crippen LogP contribution in [0, 0.1) is 20.2 Å². The van der Waals surface area contributed by atoms with Crippen molar-refractivity contribution < 1.29 is 27.9 Å². The second kappa shape index (κ2) is 8.46. The molecule has 1 saturated heterocycles. The highest BCUT2D eigenvalue weighted by atomic mass is 32.2. The number of hydrogen-bond donors (Lipinski definition) is 0. The lowest BCUT2D eigenvalue weighted by atomic mass is 9.92. The lowest BCUT2D eigenvalue weighted by molar-refractivity contribution is -0.385. The molecule has 2 amide bonds. The number of hydrogen-bond acceptors (Lipinski definition) is 8. The maximum Gasteiger partial charge on any atom is 0.270 e. The predicted octanol–water partition coefficient (Wildman–Crippen LogP) is 3.63. The Bertz CT molecular complexity index is 1510. The normalized spacial score (nSPS) is 16.4. The smallest absolute Gasteiger partial charge is 0.268 e. The number of nitrogens with zero attached hydrogens (tertiary/aromatic N) is 4. The number of non-ortho nitro benzene ring substituents is 2. The van der Waals surface area contributed by atoms with Gasteiger partial charge in [0.25, 0.3) is 23.2 Å². The SMILES string of the molecule is O=C1c2cc([N+](=O)[O-])cc3cc([N+](=O)[O-])cc(c23)C(=O)N1c1ccc(S(=O)(=O)N2CCCCC2)cc1. The van der Waals surface area contributed by atoms with Crippen LogP contribution in [-0.2, 0) is 10.0 Å². The van der Waals surface area contributed by atoms with E-state index in [0.717, 1.165) is 48.4 Å². The third-order valence-electron chi connectivity index (χ3n) is 6.35. The molecule has 0 unspecified atom stereocenters. The molecule has 1 fully saturated rings. The Morgan fingerprint density at radius 3 is 1.72 bits per heavy atom. The van der Waals surface area contributed by atoms with Crippen LogP contribution in [0.4, 0.5) is 17.1 Å². The van der Waals surface area contributed by atoms with Crippen LogP contribution in [0.3, 0.4) is 0 Å².